The standard InChI is InChI=1S/C26H35N5O2/c1-17-5-2-11-31(14-17)26-27-22-16-29(12-8-20(22)25(33)28-26)15-19-13-18-6-3-9-30-10-4-7-21(23(18)30)24(19)32/h13,17,32H,2-12,14-16H2,1H3,(H,27,28,33). The number of H-pyrrole nitrogens is 1. The summed E-state index contributed by atoms with van der Waals surface area (Å²) in [6.07, 6.45) is 7.47. The SMILES string of the molecule is CC1CCCN(c2nc3c(c(=O)[nH]2)CCN(Cc2cc4c5c(c2O)CCCN5CCC4)C3)C1. The van der Waals surface area contributed by atoms with E-state index in [0.717, 1.165) is 86.7 Å². The van der Waals surface area contributed by atoms with Gasteiger partial charge in [0, 0.05) is 68.2 Å². The summed E-state index contributed by atoms with van der Waals surface area (Å²) in [5.74, 6) is 1.85. The van der Waals surface area contributed by atoms with Crippen LogP contribution in [-0.4, -0.2) is 52.7 Å². The van der Waals surface area contributed by atoms with Crippen molar-refractivity contribution in [3.8, 4) is 5.75 Å². The number of rotatable bonds is 3. The average Bonchev–Trinajstić information content (AvgIpc) is 2.82. The molecule has 1 aromatic carbocycles. The predicted molar refractivity (Wildman–Crippen MR) is 130 cm³/mol. The first kappa shape index (κ1) is 21.0. The lowest BCUT2D eigenvalue weighted by atomic mass is 9.89. The summed E-state index contributed by atoms with van der Waals surface area (Å²) in [5.41, 5.74) is 6.66. The maximum absolute atomic E-state index is 12.8. The van der Waals surface area contributed by atoms with Crippen molar-refractivity contribution in [2.75, 3.05) is 42.5 Å². The molecule has 0 spiro atoms. The predicted octanol–water partition coefficient (Wildman–Crippen LogP) is 2.97. The summed E-state index contributed by atoms with van der Waals surface area (Å²) in [5, 5.41) is 11.2. The Morgan fingerprint density at radius 3 is 2.73 bits per heavy atom. The largest absolute Gasteiger partial charge is 0.507 e. The molecule has 4 aliphatic rings. The van der Waals surface area contributed by atoms with Crippen LogP contribution in [0.15, 0.2) is 10.9 Å². The molecule has 4 aliphatic heterocycles. The molecule has 0 saturated carbocycles. The minimum Gasteiger partial charge on any atom is -0.507 e. The number of phenols is 1. The third kappa shape index (κ3) is 3.80. The van der Waals surface area contributed by atoms with Gasteiger partial charge in [-0.2, -0.15) is 0 Å². The summed E-state index contributed by atoms with van der Waals surface area (Å²) < 4.78 is 0. The lowest BCUT2D eigenvalue weighted by molar-refractivity contribution is 0.237. The zero-order valence-electron chi connectivity index (χ0n) is 19.7. The Morgan fingerprint density at radius 1 is 1.06 bits per heavy atom. The molecule has 33 heavy (non-hydrogen) atoms. The molecule has 1 saturated heterocycles. The van der Waals surface area contributed by atoms with Gasteiger partial charge >= 0.3 is 0 Å². The number of piperidine rings is 1. The number of phenolic OH excluding ortho intramolecular Hbond substituents is 1. The number of aromatic hydroxyl groups is 1. The lowest BCUT2D eigenvalue weighted by Gasteiger charge is -2.38. The Balaban J connectivity index is 1.26. The van der Waals surface area contributed by atoms with E-state index in [9.17, 15) is 9.90 Å². The highest BCUT2D eigenvalue weighted by molar-refractivity contribution is 5.69. The van der Waals surface area contributed by atoms with Gasteiger partial charge in [-0.15, -0.1) is 0 Å². The second-order valence-electron chi connectivity index (χ2n) is 10.5. The summed E-state index contributed by atoms with van der Waals surface area (Å²) in [6, 6.07) is 2.24. The number of nitrogens with one attached hydrogen (secondary N) is 1. The number of fused-ring (bicyclic) bond motifs is 1. The van der Waals surface area contributed by atoms with E-state index in [2.05, 4.69) is 32.7 Å². The number of benzene rings is 1. The molecule has 1 atom stereocenters. The molecule has 7 heteroatoms. The van der Waals surface area contributed by atoms with Crippen LogP contribution in [0.4, 0.5) is 11.6 Å². The van der Waals surface area contributed by atoms with Gasteiger partial charge in [0.2, 0.25) is 5.95 Å². The third-order valence-corrected chi connectivity index (χ3v) is 8.06. The van der Waals surface area contributed by atoms with Crippen molar-refractivity contribution in [2.24, 2.45) is 5.92 Å². The van der Waals surface area contributed by atoms with Gasteiger partial charge in [0.05, 0.1) is 5.69 Å². The van der Waals surface area contributed by atoms with Crippen molar-refractivity contribution in [3.05, 3.63) is 44.4 Å². The van der Waals surface area contributed by atoms with Crippen LogP contribution in [-0.2, 0) is 32.4 Å². The van der Waals surface area contributed by atoms with E-state index in [1.54, 1.807) is 0 Å². The van der Waals surface area contributed by atoms with Crippen molar-refractivity contribution in [2.45, 2.75) is 65.0 Å². The monoisotopic (exact) mass is 449 g/mol. The van der Waals surface area contributed by atoms with Crippen LogP contribution in [0.3, 0.4) is 0 Å². The van der Waals surface area contributed by atoms with Gasteiger partial charge in [-0.25, -0.2) is 4.98 Å². The first-order valence-corrected chi connectivity index (χ1v) is 12.8. The topological polar surface area (TPSA) is 75.7 Å². The highest BCUT2D eigenvalue weighted by Gasteiger charge is 2.29. The van der Waals surface area contributed by atoms with Gasteiger partial charge in [-0.1, -0.05) is 6.92 Å². The Bertz CT molecular complexity index is 1120. The van der Waals surface area contributed by atoms with Crippen LogP contribution >= 0.6 is 0 Å². The second kappa shape index (κ2) is 8.35. The Hall–Kier alpha value is -2.54. The fraction of sp³-hybridized carbons (Fsp3) is 0.615. The maximum atomic E-state index is 12.8. The molecule has 2 aromatic rings. The zero-order chi connectivity index (χ0) is 22.5. The number of hydrogen-bond acceptors (Lipinski definition) is 6. The molecule has 0 radical (unpaired) electrons. The first-order valence-electron chi connectivity index (χ1n) is 12.8. The molecule has 1 unspecified atom stereocenters. The van der Waals surface area contributed by atoms with Crippen molar-refractivity contribution in [1.82, 2.24) is 14.9 Å². The van der Waals surface area contributed by atoms with E-state index in [-0.39, 0.29) is 5.56 Å². The van der Waals surface area contributed by atoms with Crippen LogP contribution in [0.25, 0.3) is 0 Å². The van der Waals surface area contributed by atoms with Crippen molar-refractivity contribution in [1.29, 1.82) is 0 Å². The van der Waals surface area contributed by atoms with Gasteiger partial charge in [0.25, 0.3) is 5.56 Å². The Morgan fingerprint density at radius 2 is 1.88 bits per heavy atom. The number of nitrogens with zero attached hydrogens (tertiary/aromatic N) is 4. The summed E-state index contributed by atoms with van der Waals surface area (Å²) in [4.78, 5) is 27.9. The van der Waals surface area contributed by atoms with Gasteiger partial charge in [0.1, 0.15) is 5.75 Å². The van der Waals surface area contributed by atoms with Crippen molar-refractivity contribution < 1.29 is 5.11 Å². The highest BCUT2D eigenvalue weighted by atomic mass is 16.3. The number of aromatic amines is 1. The summed E-state index contributed by atoms with van der Waals surface area (Å²) in [6.45, 7) is 8.58. The first-order chi connectivity index (χ1) is 16.1. The molecular weight excluding hydrogens is 414 g/mol. The third-order valence-electron chi connectivity index (χ3n) is 8.06. The minimum absolute atomic E-state index is 0.0222. The molecule has 6 rings (SSSR count). The fourth-order valence-electron chi connectivity index (χ4n) is 6.42. The molecule has 0 bridgehead atoms. The van der Waals surface area contributed by atoms with Gasteiger partial charge in [0.15, 0.2) is 0 Å². The van der Waals surface area contributed by atoms with Crippen LogP contribution in [0.2, 0.25) is 0 Å². The molecule has 1 aromatic heterocycles. The van der Waals surface area contributed by atoms with Crippen molar-refractivity contribution in [3.63, 3.8) is 0 Å². The van der Waals surface area contributed by atoms with Gasteiger partial charge in [-0.3, -0.25) is 14.7 Å². The molecule has 0 aliphatic carbocycles. The molecule has 0 amide bonds. The molecular formula is C26H35N5O2. The molecule has 5 heterocycles. The minimum atomic E-state index is 0.0222. The lowest BCUT2D eigenvalue weighted by Crippen LogP contribution is -2.39. The molecule has 2 N–H and O–H groups in total. The summed E-state index contributed by atoms with van der Waals surface area (Å²) >= 11 is 0. The van der Waals surface area contributed by atoms with E-state index in [1.807, 2.05) is 0 Å². The fourth-order valence-corrected chi connectivity index (χ4v) is 6.42. The van der Waals surface area contributed by atoms with E-state index < -0.39 is 0 Å². The number of aryl methyl sites for hydroxylation is 1. The average molecular weight is 450 g/mol. The molecule has 176 valence electrons. The van der Waals surface area contributed by atoms with E-state index in [4.69, 9.17) is 4.98 Å². The molecule has 1 fully saturated rings. The van der Waals surface area contributed by atoms with Crippen molar-refractivity contribution >= 4 is 11.6 Å². The number of hydrogen-bond donors (Lipinski definition) is 2. The van der Waals surface area contributed by atoms with Gasteiger partial charge in [-0.05, 0) is 62.5 Å². The zero-order valence-corrected chi connectivity index (χ0v) is 19.7. The summed E-state index contributed by atoms with van der Waals surface area (Å²) in [7, 11) is 0. The Kier molecular flexibility index (Phi) is 5.32. The van der Waals surface area contributed by atoms with Crippen LogP contribution in [0.1, 0.15) is 60.6 Å². The quantitative estimate of drug-likeness (QED) is 0.750. The normalized spacial score (nSPS) is 22.8. The van der Waals surface area contributed by atoms with Crippen LogP contribution in [0, 0.1) is 5.92 Å². The highest BCUT2D eigenvalue weighted by Crippen LogP contribution is 2.42. The van der Waals surface area contributed by atoms with E-state index >= 15 is 0 Å². The van der Waals surface area contributed by atoms with Crippen LogP contribution in [0.5, 0.6) is 5.75 Å². The number of aromatic nitrogens is 2. The smallest absolute Gasteiger partial charge is 0.255 e. The molecule has 7 nitrogen and oxygen atoms in total. The maximum Gasteiger partial charge on any atom is 0.255 e. The Labute approximate surface area is 195 Å². The van der Waals surface area contributed by atoms with Crippen LogP contribution < -0.4 is 15.4 Å². The van der Waals surface area contributed by atoms with E-state index in [0.29, 0.717) is 31.2 Å². The second-order valence-corrected chi connectivity index (χ2v) is 10.5. The van der Waals surface area contributed by atoms with Gasteiger partial charge < -0.3 is 14.9 Å². The van der Waals surface area contributed by atoms with E-state index in [1.165, 1.54) is 24.1 Å². The number of anilines is 2.